The summed E-state index contributed by atoms with van der Waals surface area (Å²) in [6.07, 6.45) is 4.37. The van der Waals surface area contributed by atoms with Crippen molar-refractivity contribution in [2.24, 2.45) is 0 Å². The number of urea groups is 1. The second-order valence-corrected chi connectivity index (χ2v) is 8.31. The zero-order valence-electron chi connectivity index (χ0n) is 17.1. The molecule has 2 aliphatic heterocycles. The summed E-state index contributed by atoms with van der Waals surface area (Å²) in [7, 11) is 0. The van der Waals surface area contributed by atoms with Crippen LogP contribution in [0.25, 0.3) is 0 Å². The smallest absolute Gasteiger partial charge is 0.322 e. The lowest BCUT2D eigenvalue weighted by Gasteiger charge is -2.34. The van der Waals surface area contributed by atoms with E-state index in [0.717, 1.165) is 13.0 Å². The molecule has 2 aliphatic rings. The molecule has 2 N–H and O–H groups in total. The third kappa shape index (κ3) is 4.09. The number of likely N-dealkylation sites (tertiary alicyclic amines) is 1. The first-order valence-corrected chi connectivity index (χ1v) is 10.7. The van der Waals surface area contributed by atoms with Crippen molar-refractivity contribution in [2.45, 2.75) is 18.5 Å². The van der Waals surface area contributed by atoms with E-state index in [1.54, 1.807) is 67.0 Å². The maximum absolute atomic E-state index is 12.9. The minimum absolute atomic E-state index is 0.122. The van der Waals surface area contributed by atoms with Gasteiger partial charge in [0, 0.05) is 47.4 Å². The molecule has 0 spiro atoms. The molecular formula is C23H21ClN6O2. The molecule has 5 rings (SSSR count). The highest BCUT2D eigenvalue weighted by molar-refractivity contribution is 6.30. The fourth-order valence-corrected chi connectivity index (χ4v) is 4.40. The number of aromatic nitrogens is 2. The van der Waals surface area contributed by atoms with E-state index < -0.39 is 0 Å². The molecule has 2 saturated heterocycles. The van der Waals surface area contributed by atoms with Gasteiger partial charge in [-0.15, -0.1) is 0 Å². The SMILES string of the molecule is O=C(Nc1cccc(NC(=O)N2CC3CC2CN3c2ncccn2)c1)c1ccc(Cl)cc1. The van der Waals surface area contributed by atoms with Gasteiger partial charge in [-0.25, -0.2) is 14.8 Å². The van der Waals surface area contributed by atoms with Crippen molar-refractivity contribution >= 4 is 40.9 Å². The number of benzene rings is 2. The van der Waals surface area contributed by atoms with Crippen LogP contribution in [0.4, 0.5) is 22.1 Å². The van der Waals surface area contributed by atoms with Crippen molar-refractivity contribution in [1.29, 1.82) is 0 Å². The maximum atomic E-state index is 12.9. The van der Waals surface area contributed by atoms with Gasteiger partial charge in [-0.1, -0.05) is 17.7 Å². The third-order valence-electron chi connectivity index (χ3n) is 5.79. The Hall–Kier alpha value is -3.65. The Balaban J connectivity index is 1.21. The van der Waals surface area contributed by atoms with E-state index in [-0.39, 0.29) is 24.0 Å². The maximum Gasteiger partial charge on any atom is 0.322 e. The lowest BCUT2D eigenvalue weighted by atomic mass is 10.2. The van der Waals surface area contributed by atoms with Crippen LogP contribution in [-0.2, 0) is 0 Å². The molecule has 0 aliphatic carbocycles. The summed E-state index contributed by atoms with van der Waals surface area (Å²) in [4.78, 5) is 38.0. The van der Waals surface area contributed by atoms with Gasteiger partial charge in [0.05, 0.1) is 12.1 Å². The van der Waals surface area contributed by atoms with E-state index in [2.05, 4.69) is 25.5 Å². The zero-order valence-corrected chi connectivity index (χ0v) is 17.9. The monoisotopic (exact) mass is 448 g/mol. The number of halogens is 1. The highest BCUT2D eigenvalue weighted by Gasteiger charge is 2.46. The average molecular weight is 449 g/mol. The number of hydrogen-bond donors (Lipinski definition) is 2. The molecule has 3 aromatic rings. The Morgan fingerprint density at radius 2 is 1.62 bits per heavy atom. The van der Waals surface area contributed by atoms with Gasteiger partial charge in [0.1, 0.15) is 0 Å². The summed E-state index contributed by atoms with van der Waals surface area (Å²) in [6.45, 7) is 1.35. The normalized spacial score (nSPS) is 19.2. The van der Waals surface area contributed by atoms with Crippen LogP contribution >= 0.6 is 11.6 Å². The molecule has 8 nitrogen and oxygen atoms in total. The van der Waals surface area contributed by atoms with E-state index in [1.165, 1.54) is 0 Å². The van der Waals surface area contributed by atoms with Crippen LogP contribution in [0.2, 0.25) is 5.02 Å². The van der Waals surface area contributed by atoms with Crippen LogP contribution in [-0.4, -0.2) is 52.0 Å². The Labute approximate surface area is 190 Å². The van der Waals surface area contributed by atoms with Gasteiger partial charge in [-0.2, -0.15) is 0 Å². The first-order valence-electron chi connectivity index (χ1n) is 10.3. The Bertz CT molecular complexity index is 1140. The number of amides is 3. The van der Waals surface area contributed by atoms with Gasteiger partial charge in [-0.3, -0.25) is 4.79 Å². The van der Waals surface area contributed by atoms with Crippen molar-refractivity contribution in [3.63, 3.8) is 0 Å². The predicted octanol–water partition coefficient (Wildman–Crippen LogP) is 3.88. The molecule has 32 heavy (non-hydrogen) atoms. The van der Waals surface area contributed by atoms with Crippen molar-refractivity contribution in [3.05, 3.63) is 77.6 Å². The molecule has 3 amide bonds. The van der Waals surface area contributed by atoms with Gasteiger partial charge in [0.25, 0.3) is 5.91 Å². The quantitative estimate of drug-likeness (QED) is 0.632. The molecule has 9 heteroatoms. The van der Waals surface area contributed by atoms with E-state index in [1.807, 2.05) is 4.90 Å². The van der Waals surface area contributed by atoms with Crippen molar-refractivity contribution in [2.75, 3.05) is 28.6 Å². The van der Waals surface area contributed by atoms with Gasteiger partial charge in [-0.05, 0) is 55.0 Å². The first-order chi connectivity index (χ1) is 15.6. The summed E-state index contributed by atoms with van der Waals surface area (Å²) in [5.74, 6) is 0.467. The molecule has 2 atom stereocenters. The fourth-order valence-electron chi connectivity index (χ4n) is 4.27. The Kier molecular flexibility index (Phi) is 5.36. The molecule has 0 radical (unpaired) electrons. The Morgan fingerprint density at radius 3 is 2.31 bits per heavy atom. The molecule has 2 fully saturated rings. The predicted molar refractivity (Wildman–Crippen MR) is 123 cm³/mol. The molecule has 1 aromatic heterocycles. The number of hydrogen-bond acceptors (Lipinski definition) is 5. The van der Waals surface area contributed by atoms with Crippen LogP contribution in [0.15, 0.2) is 67.0 Å². The van der Waals surface area contributed by atoms with Crippen LogP contribution in [0.3, 0.4) is 0 Å². The summed E-state index contributed by atoms with van der Waals surface area (Å²) >= 11 is 5.88. The molecule has 3 heterocycles. The zero-order chi connectivity index (χ0) is 22.1. The van der Waals surface area contributed by atoms with Crippen molar-refractivity contribution < 1.29 is 9.59 Å². The van der Waals surface area contributed by atoms with E-state index in [9.17, 15) is 9.59 Å². The number of anilines is 3. The number of carbonyl (C=O) groups excluding carboxylic acids is 2. The molecule has 2 unspecified atom stereocenters. The van der Waals surface area contributed by atoms with E-state index >= 15 is 0 Å². The highest BCUT2D eigenvalue weighted by atomic mass is 35.5. The fraction of sp³-hybridized carbons (Fsp3) is 0.217. The number of nitrogens with one attached hydrogen (secondary N) is 2. The topological polar surface area (TPSA) is 90.5 Å². The Morgan fingerprint density at radius 1 is 0.906 bits per heavy atom. The first kappa shape index (κ1) is 20.3. The third-order valence-corrected chi connectivity index (χ3v) is 6.04. The number of rotatable bonds is 4. The van der Waals surface area contributed by atoms with Crippen LogP contribution in [0, 0.1) is 0 Å². The molecular weight excluding hydrogens is 428 g/mol. The summed E-state index contributed by atoms with van der Waals surface area (Å²) in [5, 5.41) is 6.37. The van der Waals surface area contributed by atoms with Crippen LogP contribution in [0.5, 0.6) is 0 Å². The van der Waals surface area contributed by atoms with Gasteiger partial charge >= 0.3 is 6.03 Å². The second-order valence-electron chi connectivity index (χ2n) is 7.87. The molecule has 2 bridgehead atoms. The minimum Gasteiger partial charge on any atom is -0.334 e. The van der Waals surface area contributed by atoms with Gasteiger partial charge in [0.2, 0.25) is 5.95 Å². The highest BCUT2D eigenvalue weighted by Crippen LogP contribution is 2.33. The lowest BCUT2D eigenvalue weighted by molar-refractivity contribution is 0.102. The molecule has 162 valence electrons. The molecule has 2 aromatic carbocycles. The summed E-state index contributed by atoms with van der Waals surface area (Å²) in [6, 6.07) is 15.8. The standard InChI is InChI=1S/C23H21ClN6O2/c24-16-7-5-15(6-8-16)21(31)27-17-3-1-4-18(11-17)28-23(32)30-14-19-12-20(30)13-29(19)22-25-9-2-10-26-22/h1-11,19-20H,12-14H2,(H,27,31)(H,28,32). The van der Waals surface area contributed by atoms with Crippen molar-refractivity contribution in [1.82, 2.24) is 14.9 Å². The summed E-state index contributed by atoms with van der Waals surface area (Å²) in [5.41, 5.74) is 1.72. The number of nitrogens with zero attached hydrogens (tertiary/aromatic N) is 4. The number of fused-ring (bicyclic) bond motifs is 2. The van der Waals surface area contributed by atoms with Crippen LogP contribution in [0.1, 0.15) is 16.8 Å². The number of piperazine rings is 1. The van der Waals surface area contributed by atoms with E-state index in [0.29, 0.717) is 34.5 Å². The second kappa shape index (κ2) is 8.47. The van der Waals surface area contributed by atoms with Gasteiger partial charge in [0.15, 0.2) is 0 Å². The van der Waals surface area contributed by atoms with Gasteiger partial charge < -0.3 is 20.4 Å². The van der Waals surface area contributed by atoms with Crippen molar-refractivity contribution in [3.8, 4) is 0 Å². The van der Waals surface area contributed by atoms with Crippen LogP contribution < -0.4 is 15.5 Å². The minimum atomic E-state index is -0.245. The molecule has 0 saturated carbocycles. The summed E-state index contributed by atoms with van der Waals surface area (Å²) < 4.78 is 0. The number of carbonyl (C=O) groups is 2. The lowest BCUT2D eigenvalue weighted by Crippen LogP contribution is -2.50. The van der Waals surface area contributed by atoms with E-state index in [4.69, 9.17) is 11.6 Å². The average Bonchev–Trinajstić information content (AvgIpc) is 3.42. The largest absolute Gasteiger partial charge is 0.334 e.